The molecular weight excluding hydrogens is 272 g/mol. The lowest BCUT2D eigenvalue weighted by atomic mass is 10.0. The highest BCUT2D eigenvalue weighted by atomic mass is 16.4. The Hall–Kier alpha value is -2.89. The fraction of sp³-hybridized carbons (Fsp3) is 0.133. The van der Waals surface area contributed by atoms with Gasteiger partial charge in [0.25, 0.3) is 5.91 Å². The molecule has 0 spiro atoms. The van der Waals surface area contributed by atoms with Crippen LogP contribution in [0.2, 0.25) is 0 Å². The standard InChI is InChI=1S/C15H14N2O4/c18-12-7-4-8-16-14(12)15(21)17-11(9-13(19)20)10-5-2-1-3-6-10/h1-8,11,18H,9H2,(H,17,21)(H,19,20). The zero-order valence-electron chi connectivity index (χ0n) is 11.1. The van der Waals surface area contributed by atoms with Crippen LogP contribution in [0.15, 0.2) is 48.7 Å². The van der Waals surface area contributed by atoms with E-state index in [2.05, 4.69) is 10.3 Å². The van der Waals surface area contributed by atoms with Gasteiger partial charge in [-0.1, -0.05) is 30.3 Å². The first-order valence-electron chi connectivity index (χ1n) is 6.29. The summed E-state index contributed by atoms with van der Waals surface area (Å²) in [4.78, 5) is 26.9. The van der Waals surface area contributed by atoms with E-state index in [-0.39, 0.29) is 17.9 Å². The normalized spacial score (nSPS) is 11.6. The fourth-order valence-electron chi connectivity index (χ4n) is 1.91. The first-order valence-corrected chi connectivity index (χ1v) is 6.29. The van der Waals surface area contributed by atoms with Crippen LogP contribution in [0.4, 0.5) is 0 Å². The van der Waals surface area contributed by atoms with E-state index in [1.54, 1.807) is 30.3 Å². The number of aromatic hydroxyl groups is 1. The van der Waals surface area contributed by atoms with Crippen LogP contribution < -0.4 is 5.32 Å². The quantitative estimate of drug-likeness (QED) is 0.777. The molecule has 0 saturated carbocycles. The smallest absolute Gasteiger partial charge is 0.305 e. The summed E-state index contributed by atoms with van der Waals surface area (Å²) in [6, 6.07) is 10.9. The summed E-state index contributed by atoms with van der Waals surface area (Å²) in [5.74, 6) is -1.91. The number of carbonyl (C=O) groups excluding carboxylic acids is 1. The summed E-state index contributed by atoms with van der Waals surface area (Å²) in [6.07, 6.45) is 1.12. The van der Waals surface area contributed by atoms with Crippen molar-refractivity contribution >= 4 is 11.9 Å². The van der Waals surface area contributed by atoms with Gasteiger partial charge in [0.2, 0.25) is 0 Å². The molecule has 1 aromatic carbocycles. The van der Waals surface area contributed by atoms with Crippen molar-refractivity contribution in [2.24, 2.45) is 0 Å². The van der Waals surface area contributed by atoms with E-state index in [4.69, 9.17) is 5.11 Å². The third-order valence-corrected chi connectivity index (χ3v) is 2.89. The first kappa shape index (κ1) is 14.5. The van der Waals surface area contributed by atoms with Crippen molar-refractivity contribution in [3.05, 3.63) is 59.9 Å². The van der Waals surface area contributed by atoms with Crippen molar-refractivity contribution in [2.45, 2.75) is 12.5 Å². The number of aliphatic carboxylic acids is 1. The van der Waals surface area contributed by atoms with E-state index in [0.29, 0.717) is 5.56 Å². The minimum absolute atomic E-state index is 0.135. The molecule has 3 N–H and O–H groups in total. The molecule has 2 rings (SSSR count). The maximum absolute atomic E-state index is 12.1. The average molecular weight is 286 g/mol. The fourth-order valence-corrected chi connectivity index (χ4v) is 1.91. The van der Waals surface area contributed by atoms with Crippen molar-refractivity contribution in [1.29, 1.82) is 0 Å². The van der Waals surface area contributed by atoms with Gasteiger partial charge < -0.3 is 15.5 Å². The van der Waals surface area contributed by atoms with Crippen LogP contribution >= 0.6 is 0 Å². The number of aromatic nitrogens is 1. The molecule has 6 nitrogen and oxygen atoms in total. The molecule has 0 fully saturated rings. The van der Waals surface area contributed by atoms with Crippen LogP contribution in [0.1, 0.15) is 28.5 Å². The van der Waals surface area contributed by atoms with E-state index < -0.39 is 17.9 Å². The summed E-state index contributed by atoms with van der Waals surface area (Å²) >= 11 is 0. The van der Waals surface area contributed by atoms with Gasteiger partial charge in [0.15, 0.2) is 5.69 Å². The number of hydrogen-bond donors (Lipinski definition) is 3. The Balaban J connectivity index is 2.21. The number of carboxylic acids is 1. The molecule has 1 heterocycles. The van der Waals surface area contributed by atoms with Crippen LogP contribution in [0.5, 0.6) is 5.75 Å². The molecule has 0 radical (unpaired) electrons. The lowest BCUT2D eigenvalue weighted by molar-refractivity contribution is -0.137. The number of amides is 1. The number of carbonyl (C=O) groups is 2. The minimum atomic E-state index is -1.03. The van der Waals surface area contributed by atoms with Crippen molar-refractivity contribution in [3.63, 3.8) is 0 Å². The molecule has 2 aromatic rings. The Morgan fingerprint density at radius 1 is 1.14 bits per heavy atom. The molecular formula is C15H14N2O4. The molecule has 0 aliphatic carbocycles. The van der Waals surface area contributed by atoms with Crippen molar-refractivity contribution in [1.82, 2.24) is 10.3 Å². The summed E-state index contributed by atoms with van der Waals surface area (Å²) in [5.41, 5.74) is 0.535. The van der Waals surface area contributed by atoms with Gasteiger partial charge in [0.05, 0.1) is 12.5 Å². The molecule has 21 heavy (non-hydrogen) atoms. The Morgan fingerprint density at radius 2 is 1.86 bits per heavy atom. The first-order chi connectivity index (χ1) is 10.1. The van der Waals surface area contributed by atoms with E-state index >= 15 is 0 Å². The highest BCUT2D eigenvalue weighted by molar-refractivity contribution is 5.95. The van der Waals surface area contributed by atoms with Gasteiger partial charge >= 0.3 is 5.97 Å². The molecule has 0 aliphatic rings. The Labute approximate surface area is 121 Å². The average Bonchev–Trinajstić information content (AvgIpc) is 2.47. The monoisotopic (exact) mass is 286 g/mol. The van der Waals surface area contributed by atoms with Crippen LogP contribution in [-0.4, -0.2) is 27.1 Å². The van der Waals surface area contributed by atoms with E-state index in [0.717, 1.165) is 0 Å². The summed E-state index contributed by atoms with van der Waals surface area (Å²) < 4.78 is 0. The molecule has 108 valence electrons. The second kappa shape index (κ2) is 6.51. The van der Waals surface area contributed by atoms with Gasteiger partial charge in [0.1, 0.15) is 5.75 Å². The molecule has 1 amide bonds. The Morgan fingerprint density at radius 3 is 2.48 bits per heavy atom. The van der Waals surface area contributed by atoms with E-state index in [1.165, 1.54) is 18.3 Å². The Bertz CT molecular complexity index is 643. The van der Waals surface area contributed by atoms with Crippen LogP contribution in [0, 0.1) is 0 Å². The summed E-state index contributed by atoms with van der Waals surface area (Å²) in [6.45, 7) is 0. The summed E-state index contributed by atoms with van der Waals surface area (Å²) in [5, 5.41) is 21.2. The van der Waals surface area contributed by atoms with Crippen molar-refractivity contribution < 1.29 is 19.8 Å². The third-order valence-electron chi connectivity index (χ3n) is 2.89. The van der Waals surface area contributed by atoms with Crippen LogP contribution in [-0.2, 0) is 4.79 Å². The number of benzene rings is 1. The molecule has 1 atom stereocenters. The SMILES string of the molecule is O=C(O)CC(NC(=O)c1ncccc1O)c1ccccc1. The molecule has 1 aromatic heterocycles. The van der Waals surface area contributed by atoms with Gasteiger partial charge in [-0.2, -0.15) is 0 Å². The van der Waals surface area contributed by atoms with E-state index in [9.17, 15) is 14.7 Å². The van der Waals surface area contributed by atoms with Gasteiger partial charge in [0, 0.05) is 6.20 Å². The largest absolute Gasteiger partial charge is 0.505 e. The number of carboxylic acid groups (broad SMARTS) is 1. The lowest BCUT2D eigenvalue weighted by Gasteiger charge is -2.17. The second-order valence-corrected chi connectivity index (χ2v) is 4.41. The van der Waals surface area contributed by atoms with Crippen LogP contribution in [0.25, 0.3) is 0 Å². The third kappa shape index (κ3) is 3.79. The lowest BCUT2D eigenvalue weighted by Crippen LogP contribution is -2.30. The highest BCUT2D eigenvalue weighted by Gasteiger charge is 2.20. The van der Waals surface area contributed by atoms with Crippen LogP contribution in [0.3, 0.4) is 0 Å². The topological polar surface area (TPSA) is 99.5 Å². The molecule has 0 bridgehead atoms. The number of hydrogen-bond acceptors (Lipinski definition) is 4. The predicted molar refractivity (Wildman–Crippen MR) is 74.8 cm³/mol. The number of nitrogens with one attached hydrogen (secondary N) is 1. The highest BCUT2D eigenvalue weighted by Crippen LogP contribution is 2.19. The maximum atomic E-state index is 12.1. The van der Waals surface area contributed by atoms with Gasteiger partial charge in [-0.05, 0) is 17.7 Å². The van der Waals surface area contributed by atoms with Crippen molar-refractivity contribution in [2.75, 3.05) is 0 Å². The van der Waals surface area contributed by atoms with Gasteiger partial charge in [-0.3, -0.25) is 9.59 Å². The number of pyridine rings is 1. The minimum Gasteiger partial charge on any atom is -0.505 e. The Kier molecular flexibility index (Phi) is 4.50. The predicted octanol–water partition coefficient (Wildman–Crippen LogP) is 1.73. The van der Waals surface area contributed by atoms with E-state index in [1.807, 2.05) is 0 Å². The summed E-state index contributed by atoms with van der Waals surface area (Å²) in [7, 11) is 0. The maximum Gasteiger partial charge on any atom is 0.305 e. The molecule has 1 unspecified atom stereocenters. The zero-order chi connectivity index (χ0) is 15.2. The molecule has 6 heteroatoms. The second-order valence-electron chi connectivity index (χ2n) is 4.41. The van der Waals surface area contributed by atoms with Crippen molar-refractivity contribution in [3.8, 4) is 5.75 Å². The van der Waals surface area contributed by atoms with Gasteiger partial charge in [-0.25, -0.2) is 4.98 Å². The molecule has 0 aliphatic heterocycles. The number of nitrogens with zero attached hydrogens (tertiary/aromatic N) is 1. The number of rotatable bonds is 5. The molecule has 0 saturated heterocycles. The van der Waals surface area contributed by atoms with Gasteiger partial charge in [-0.15, -0.1) is 0 Å². The zero-order valence-corrected chi connectivity index (χ0v) is 11.1.